The zero-order chi connectivity index (χ0) is 9.97. The number of rotatable bonds is 1. The first kappa shape index (κ1) is 11.3. The van der Waals surface area contributed by atoms with Gasteiger partial charge in [0.05, 0.1) is 0 Å². The van der Waals surface area contributed by atoms with Crippen LogP contribution in [0.25, 0.3) is 5.69 Å². The predicted molar refractivity (Wildman–Crippen MR) is 63.7 cm³/mol. The Kier molecular flexibility index (Phi) is 3.52. The van der Waals surface area contributed by atoms with Gasteiger partial charge in [0.25, 0.3) is 5.56 Å². The van der Waals surface area contributed by atoms with Gasteiger partial charge in [0.2, 0.25) is 0 Å². The largest absolute Gasteiger partial charge is 0.398 e. The number of aromatic nitrogens is 1. The first-order valence-electron chi connectivity index (χ1n) is 4.31. The van der Waals surface area contributed by atoms with E-state index in [1.165, 1.54) is 10.6 Å². The molecule has 0 aliphatic heterocycles. The summed E-state index contributed by atoms with van der Waals surface area (Å²) in [6.07, 6.45) is 1.62. The highest BCUT2D eigenvalue weighted by Crippen LogP contribution is 2.05. The second kappa shape index (κ2) is 4.66. The Morgan fingerprint density at radius 2 is 1.67 bits per heavy atom. The van der Waals surface area contributed by atoms with Crippen LogP contribution in [0, 0.1) is 0 Å². The fourth-order valence-corrected chi connectivity index (χ4v) is 1.29. The smallest absolute Gasteiger partial charge is 0.255 e. The molecule has 0 aliphatic carbocycles. The van der Waals surface area contributed by atoms with Crippen molar-refractivity contribution >= 4 is 18.1 Å². The molecule has 0 fully saturated rings. The summed E-state index contributed by atoms with van der Waals surface area (Å²) >= 11 is 0. The van der Waals surface area contributed by atoms with Gasteiger partial charge in [-0.25, -0.2) is 0 Å². The Hall–Kier alpha value is -1.74. The number of nitrogens with zero attached hydrogens (tertiary/aromatic N) is 1. The van der Waals surface area contributed by atoms with E-state index in [1.54, 1.807) is 12.3 Å². The van der Waals surface area contributed by atoms with Gasteiger partial charge in [-0.2, -0.15) is 0 Å². The van der Waals surface area contributed by atoms with Gasteiger partial charge in [0.1, 0.15) is 0 Å². The van der Waals surface area contributed by atoms with E-state index in [9.17, 15) is 4.79 Å². The molecule has 0 atom stereocenters. The minimum Gasteiger partial charge on any atom is -0.398 e. The number of halogens is 1. The molecule has 2 N–H and O–H groups in total. The van der Waals surface area contributed by atoms with E-state index in [1.807, 2.05) is 30.3 Å². The molecule has 1 heterocycles. The van der Waals surface area contributed by atoms with Crippen LogP contribution in [0.15, 0.2) is 53.5 Å². The maximum absolute atomic E-state index is 11.5. The SMILES string of the molecule is Cl.Nc1ccc(=O)n(-c2ccccc2)c1. The zero-order valence-corrected chi connectivity index (χ0v) is 8.78. The molecule has 1 aromatic heterocycles. The van der Waals surface area contributed by atoms with Gasteiger partial charge < -0.3 is 5.73 Å². The van der Waals surface area contributed by atoms with E-state index in [2.05, 4.69) is 0 Å². The van der Waals surface area contributed by atoms with Gasteiger partial charge in [-0.3, -0.25) is 9.36 Å². The zero-order valence-electron chi connectivity index (χ0n) is 7.96. The number of anilines is 1. The van der Waals surface area contributed by atoms with Crippen molar-refractivity contribution in [3.63, 3.8) is 0 Å². The number of pyridine rings is 1. The summed E-state index contributed by atoms with van der Waals surface area (Å²) in [5, 5.41) is 0. The van der Waals surface area contributed by atoms with Crippen LogP contribution in [0.2, 0.25) is 0 Å². The number of benzene rings is 1. The van der Waals surface area contributed by atoms with Crippen LogP contribution >= 0.6 is 12.4 Å². The molecule has 0 saturated heterocycles. The lowest BCUT2D eigenvalue weighted by Gasteiger charge is -2.05. The Morgan fingerprint density at radius 1 is 1.00 bits per heavy atom. The minimum atomic E-state index is -0.0783. The standard InChI is InChI=1S/C11H10N2O.ClH/c12-9-6-7-11(14)13(8-9)10-4-2-1-3-5-10;/h1-8H,12H2;1H. The van der Waals surface area contributed by atoms with Crippen molar-refractivity contribution in [3.05, 3.63) is 59.0 Å². The van der Waals surface area contributed by atoms with E-state index in [-0.39, 0.29) is 18.0 Å². The van der Waals surface area contributed by atoms with Crippen LogP contribution in [0.1, 0.15) is 0 Å². The number of nitrogens with two attached hydrogens (primary N) is 1. The van der Waals surface area contributed by atoms with Crippen molar-refractivity contribution < 1.29 is 0 Å². The van der Waals surface area contributed by atoms with Gasteiger partial charge in [-0.15, -0.1) is 12.4 Å². The highest BCUT2D eigenvalue weighted by Gasteiger charge is 1.97. The first-order chi connectivity index (χ1) is 6.77. The molecular formula is C11H11ClN2O. The number of hydrogen-bond acceptors (Lipinski definition) is 2. The highest BCUT2D eigenvalue weighted by atomic mass is 35.5. The molecule has 2 aromatic rings. The second-order valence-corrected chi connectivity index (χ2v) is 3.01. The van der Waals surface area contributed by atoms with E-state index < -0.39 is 0 Å². The summed E-state index contributed by atoms with van der Waals surface area (Å²) in [5.74, 6) is 0. The lowest BCUT2D eigenvalue weighted by atomic mass is 10.3. The van der Waals surface area contributed by atoms with Crippen LogP contribution in [-0.2, 0) is 0 Å². The molecule has 0 radical (unpaired) electrons. The molecule has 15 heavy (non-hydrogen) atoms. The van der Waals surface area contributed by atoms with Crippen molar-refractivity contribution in [1.29, 1.82) is 0 Å². The van der Waals surface area contributed by atoms with Crippen LogP contribution in [0.5, 0.6) is 0 Å². The normalized spacial score (nSPS) is 9.33. The average Bonchev–Trinajstić information content (AvgIpc) is 2.23. The maximum Gasteiger partial charge on any atom is 0.255 e. The number of nitrogen functional groups attached to an aromatic ring is 1. The van der Waals surface area contributed by atoms with Gasteiger partial charge in [-0.05, 0) is 18.2 Å². The molecule has 2 rings (SSSR count). The average molecular weight is 223 g/mol. The summed E-state index contributed by atoms with van der Waals surface area (Å²) in [7, 11) is 0. The summed E-state index contributed by atoms with van der Waals surface area (Å²) < 4.78 is 1.52. The first-order valence-corrected chi connectivity index (χ1v) is 4.31. The van der Waals surface area contributed by atoms with Crippen LogP contribution in [0.3, 0.4) is 0 Å². The Bertz CT molecular complexity index is 493. The fourth-order valence-electron chi connectivity index (χ4n) is 1.29. The van der Waals surface area contributed by atoms with Crippen LogP contribution in [0.4, 0.5) is 5.69 Å². The molecule has 3 nitrogen and oxygen atoms in total. The molecule has 0 aliphatic rings. The summed E-state index contributed by atoms with van der Waals surface area (Å²) in [4.78, 5) is 11.5. The molecule has 4 heteroatoms. The molecule has 0 bridgehead atoms. The Labute approximate surface area is 93.6 Å². The third-order valence-electron chi connectivity index (χ3n) is 1.97. The molecule has 78 valence electrons. The number of para-hydroxylation sites is 1. The summed E-state index contributed by atoms with van der Waals surface area (Å²) in [6, 6.07) is 12.4. The lowest BCUT2D eigenvalue weighted by molar-refractivity contribution is 0.994. The van der Waals surface area contributed by atoms with Gasteiger partial charge in [-0.1, -0.05) is 18.2 Å². The third kappa shape index (κ3) is 2.39. The molecule has 0 saturated carbocycles. The number of hydrogen-bond donors (Lipinski definition) is 1. The van der Waals surface area contributed by atoms with Crippen molar-refractivity contribution in [2.75, 3.05) is 5.73 Å². The highest BCUT2D eigenvalue weighted by molar-refractivity contribution is 5.85. The predicted octanol–water partition coefficient (Wildman–Crippen LogP) is 1.84. The van der Waals surface area contributed by atoms with Crippen molar-refractivity contribution in [2.45, 2.75) is 0 Å². The Balaban J connectivity index is 0.00000112. The van der Waals surface area contributed by atoms with E-state index in [0.29, 0.717) is 5.69 Å². The van der Waals surface area contributed by atoms with E-state index in [0.717, 1.165) is 5.69 Å². The van der Waals surface area contributed by atoms with Gasteiger partial charge in [0, 0.05) is 23.6 Å². The monoisotopic (exact) mass is 222 g/mol. The van der Waals surface area contributed by atoms with Crippen LogP contribution in [-0.4, -0.2) is 4.57 Å². The van der Waals surface area contributed by atoms with Gasteiger partial charge in [0.15, 0.2) is 0 Å². The summed E-state index contributed by atoms with van der Waals surface area (Å²) in [5.41, 5.74) is 6.93. The summed E-state index contributed by atoms with van der Waals surface area (Å²) in [6.45, 7) is 0. The second-order valence-electron chi connectivity index (χ2n) is 3.01. The van der Waals surface area contributed by atoms with E-state index >= 15 is 0 Å². The van der Waals surface area contributed by atoms with Crippen LogP contribution < -0.4 is 11.3 Å². The fraction of sp³-hybridized carbons (Fsp3) is 0. The molecule has 0 amide bonds. The van der Waals surface area contributed by atoms with Crippen molar-refractivity contribution in [1.82, 2.24) is 4.57 Å². The molecule has 1 aromatic carbocycles. The topological polar surface area (TPSA) is 48.0 Å². The molecular weight excluding hydrogens is 212 g/mol. The van der Waals surface area contributed by atoms with Crippen molar-refractivity contribution in [2.24, 2.45) is 0 Å². The van der Waals surface area contributed by atoms with Gasteiger partial charge >= 0.3 is 0 Å². The Morgan fingerprint density at radius 3 is 2.33 bits per heavy atom. The molecule has 0 spiro atoms. The quantitative estimate of drug-likeness (QED) is 0.801. The lowest BCUT2D eigenvalue weighted by Crippen LogP contribution is -2.16. The van der Waals surface area contributed by atoms with Crippen molar-refractivity contribution in [3.8, 4) is 5.69 Å². The van der Waals surface area contributed by atoms with E-state index in [4.69, 9.17) is 5.73 Å². The third-order valence-corrected chi connectivity index (χ3v) is 1.97. The maximum atomic E-state index is 11.5. The minimum absolute atomic E-state index is 0. The molecule has 0 unspecified atom stereocenters.